The van der Waals surface area contributed by atoms with E-state index in [0.29, 0.717) is 32.1 Å². The smallest absolute Gasteiger partial charge is 0.333 e. The third kappa shape index (κ3) is 5.78. The van der Waals surface area contributed by atoms with E-state index in [1.54, 1.807) is 43.9 Å². The normalized spacial score (nSPS) is 13.0. The summed E-state index contributed by atoms with van der Waals surface area (Å²) in [5.41, 5.74) is -1.54. The SMILES string of the molecule is COc1ccc(F)cc1[C@H](Cn1c(=O)n(C(C)(C)C(=O)CC(C)C)c(=O)c2c(C)c(-n3cccn3)sc21)OC(C)C. The number of carbonyl (C=O) groups excluding carboxylic acids is 1. The Morgan fingerprint density at radius 1 is 1.17 bits per heavy atom. The molecule has 11 heteroatoms. The van der Waals surface area contributed by atoms with Crippen LogP contribution in [0.2, 0.25) is 0 Å². The first-order valence-corrected chi connectivity index (χ1v) is 14.4. The molecule has 3 heterocycles. The minimum absolute atomic E-state index is 0.0435. The third-order valence-corrected chi connectivity index (χ3v) is 8.36. The van der Waals surface area contributed by atoms with Crippen molar-refractivity contribution >= 4 is 27.3 Å². The maximum absolute atomic E-state index is 14.5. The number of fused-ring (bicyclic) bond motifs is 1. The van der Waals surface area contributed by atoms with Crippen molar-refractivity contribution in [2.24, 2.45) is 5.92 Å². The number of carbonyl (C=O) groups is 1. The predicted molar refractivity (Wildman–Crippen MR) is 158 cm³/mol. The number of benzene rings is 1. The molecule has 0 amide bonds. The van der Waals surface area contributed by atoms with Gasteiger partial charge in [-0.25, -0.2) is 18.4 Å². The van der Waals surface area contributed by atoms with Crippen LogP contribution in [0.3, 0.4) is 0 Å². The lowest BCUT2D eigenvalue weighted by Gasteiger charge is -2.28. The lowest BCUT2D eigenvalue weighted by Crippen LogP contribution is -2.53. The van der Waals surface area contributed by atoms with Gasteiger partial charge < -0.3 is 9.47 Å². The maximum Gasteiger partial charge on any atom is 0.333 e. The number of aromatic nitrogens is 4. The van der Waals surface area contributed by atoms with Gasteiger partial charge in [-0.05, 0) is 64.8 Å². The summed E-state index contributed by atoms with van der Waals surface area (Å²) in [4.78, 5) is 42.2. The maximum atomic E-state index is 14.5. The zero-order valence-corrected chi connectivity index (χ0v) is 25.5. The van der Waals surface area contributed by atoms with Gasteiger partial charge in [0.1, 0.15) is 33.0 Å². The largest absolute Gasteiger partial charge is 0.496 e. The number of nitrogens with zero attached hydrogens (tertiary/aromatic N) is 4. The fourth-order valence-corrected chi connectivity index (χ4v) is 6.25. The standard InChI is InChI=1S/C30H37FN4O5S/c1-17(2)14-24(36)30(6,7)35-26(37)25-19(5)27(34-13-9-12-32-34)41-28(25)33(29(35)38)16-23(40-18(3)4)21-15-20(31)10-11-22(21)39-8/h9-13,15,17-18,23H,14,16H2,1-8H3/t23-/m0/s1. The molecule has 1 aromatic carbocycles. The Kier molecular flexibility index (Phi) is 8.70. The Labute approximate surface area is 242 Å². The van der Waals surface area contributed by atoms with Crippen LogP contribution in [0.1, 0.15) is 65.2 Å². The molecule has 1 atom stereocenters. The molecular weight excluding hydrogens is 547 g/mol. The fraction of sp³-hybridized carbons (Fsp3) is 0.467. The van der Waals surface area contributed by atoms with Gasteiger partial charge in [-0.15, -0.1) is 0 Å². The highest BCUT2D eigenvalue weighted by atomic mass is 32.1. The number of aryl methyl sites for hydroxylation is 1. The van der Waals surface area contributed by atoms with Crippen molar-refractivity contribution in [3.05, 3.63) is 74.4 Å². The Bertz CT molecular complexity index is 1680. The number of halogens is 1. The van der Waals surface area contributed by atoms with Gasteiger partial charge in [-0.1, -0.05) is 25.2 Å². The van der Waals surface area contributed by atoms with E-state index in [2.05, 4.69) is 5.10 Å². The van der Waals surface area contributed by atoms with Gasteiger partial charge >= 0.3 is 5.69 Å². The molecule has 3 aromatic heterocycles. The first-order chi connectivity index (χ1) is 19.3. The van der Waals surface area contributed by atoms with Crippen molar-refractivity contribution in [3.63, 3.8) is 0 Å². The van der Waals surface area contributed by atoms with Gasteiger partial charge in [0.25, 0.3) is 5.56 Å². The van der Waals surface area contributed by atoms with Crippen molar-refractivity contribution in [2.75, 3.05) is 7.11 Å². The summed E-state index contributed by atoms with van der Waals surface area (Å²) in [6.45, 7) is 12.5. The van der Waals surface area contributed by atoms with Crippen molar-refractivity contribution in [1.29, 1.82) is 0 Å². The molecule has 0 saturated carbocycles. The lowest BCUT2D eigenvalue weighted by atomic mass is 9.91. The molecule has 9 nitrogen and oxygen atoms in total. The van der Waals surface area contributed by atoms with E-state index in [9.17, 15) is 18.8 Å². The average Bonchev–Trinajstić information content (AvgIpc) is 3.53. The molecule has 0 unspecified atom stereocenters. The molecule has 0 radical (unpaired) electrons. The molecule has 0 fully saturated rings. The molecule has 220 valence electrons. The van der Waals surface area contributed by atoms with Gasteiger partial charge in [0.2, 0.25) is 0 Å². The van der Waals surface area contributed by atoms with Crippen LogP contribution < -0.4 is 16.0 Å². The summed E-state index contributed by atoms with van der Waals surface area (Å²) >= 11 is 1.25. The summed E-state index contributed by atoms with van der Waals surface area (Å²) in [7, 11) is 1.48. The van der Waals surface area contributed by atoms with E-state index in [1.165, 1.54) is 41.2 Å². The monoisotopic (exact) mass is 584 g/mol. The molecule has 0 N–H and O–H groups in total. The topological polar surface area (TPSA) is 97.3 Å². The van der Waals surface area contributed by atoms with E-state index in [-0.39, 0.29) is 30.8 Å². The van der Waals surface area contributed by atoms with Crippen LogP contribution in [-0.4, -0.2) is 37.9 Å². The van der Waals surface area contributed by atoms with E-state index in [1.807, 2.05) is 27.7 Å². The predicted octanol–water partition coefficient (Wildman–Crippen LogP) is 5.38. The zero-order valence-electron chi connectivity index (χ0n) is 24.7. The Balaban J connectivity index is 2.05. The van der Waals surface area contributed by atoms with Crippen molar-refractivity contribution in [1.82, 2.24) is 18.9 Å². The summed E-state index contributed by atoms with van der Waals surface area (Å²) < 4.78 is 30.4. The number of hydrogen-bond donors (Lipinski definition) is 0. The number of ketones is 1. The number of rotatable bonds is 11. The Hall–Kier alpha value is -3.57. The van der Waals surface area contributed by atoms with Crippen LogP contribution in [0.25, 0.3) is 15.2 Å². The summed E-state index contributed by atoms with van der Waals surface area (Å²) in [6.07, 6.45) is 2.51. The Morgan fingerprint density at radius 2 is 1.88 bits per heavy atom. The van der Waals surface area contributed by atoms with Crippen molar-refractivity contribution in [2.45, 2.75) is 79.2 Å². The first kappa shape index (κ1) is 30.4. The highest BCUT2D eigenvalue weighted by molar-refractivity contribution is 7.21. The van der Waals surface area contributed by atoms with Crippen LogP contribution in [0, 0.1) is 18.7 Å². The number of thiophene rings is 1. The van der Waals surface area contributed by atoms with Gasteiger partial charge in [0.05, 0.1) is 25.1 Å². The first-order valence-electron chi connectivity index (χ1n) is 13.6. The van der Waals surface area contributed by atoms with Gasteiger partial charge in [0, 0.05) is 29.9 Å². The fourth-order valence-electron chi connectivity index (χ4n) is 5.01. The molecule has 4 rings (SSSR count). The van der Waals surface area contributed by atoms with Crippen LogP contribution in [0.4, 0.5) is 4.39 Å². The number of hydrogen-bond acceptors (Lipinski definition) is 7. The molecule has 0 bridgehead atoms. The third-order valence-electron chi connectivity index (χ3n) is 7.06. The highest BCUT2D eigenvalue weighted by Crippen LogP contribution is 2.35. The second-order valence-electron chi connectivity index (χ2n) is 11.3. The minimum atomic E-state index is -1.42. The lowest BCUT2D eigenvalue weighted by molar-refractivity contribution is -0.127. The van der Waals surface area contributed by atoms with E-state index in [4.69, 9.17) is 9.47 Å². The van der Waals surface area contributed by atoms with Crippen LogP contribution in [-0.2, 0) is 21.6 Å². The van der Waals surface area contributed by atoms with E-state index >= 15 is 0 Å². The van der Waals surface area contributed by atoms with Gasteiger partial charge in [-0.2, -0.15) is 5.10 Å². The average molecular weight is 585 g/mol. The van der Waals surface area contributed by atoms with Crippen LogP contribution in [0.5, 0.6) is 5.75 Å². The highest BCUT2D eigenvalue weighted by Gasteiger charge is 2.36. The molecule has 4 aromatic rings. The second-order valence-corrected chi connectivity index (χ2v) is 12.3. The van der Waals surface area contributed by atoms with Gasteiger partial charge in [-0.3, -0.25) is 14.2 Å². The molecule has 0 saturated heterocycles. The summed E-state index contributed by atoms with van der Waals surface area (Å²) in [5.74, 6) is -0.253. The van der Waals surface area contributed by atoms with E-state index < -0.39 is 28.7 Å². The van der Waals surface area contributed by atoms with Crippen LogP contribution in [0.15, 0.2) is 46.2 Å². The zero-order chi connectivity index (χ0) is 30.2. The molecular formula is C30H37FN4O5S. The summed E-state index contributed by atoms with van der Waals surface area (Å²) in [6, 6.07) is 5.90. The number of methoxy groups -OCH3 is 1. The van der Waals surface area contributed by atoms with Crippen molar-refractivity contribution in [3.8, 4) is 10.8 Å². The Morgan fingerprint density at radius 3 is 2.46 bits per heavy atom. The summed E-state index contributed by atoms with van der Waals surface area (Å²) in [5, 5.41) is 5.32. The number of Topliss-reactive ketones (excluding diaryl/α,β-unsaturated/α-hetero) is 1. The quantitative estimate of drug-likeness (QED) is 0.235. The molecule has 0 spiro atoms. The van der Waals surface area contributed by atoms with Gasteiger partial charge in [0.15, 0.2) is 5.78 Å². The minimum Gasteiger partial charge on any atom is -0.496 e. The van der Waals surface area contributed by atoms with Crippen LogP contribution >= 0.6 is 11.3 Å². The van der Waals surface area contributed by atoms with E-state index in [0.717, 1.165) is 4.57 Å². The molecule has 0 aliphatic rings. The van der Waals surface area contributed by atoms with Crippen molar-refractivity contribution < 1.29 is 18.7 Å². The second kappa shape index (κ2) is 11.7. The molecule has 0 aliphatic heterocycles. The molecule has 41 heavy (non-hydrogen) atoms. The molecule has 0 aliphatic carbocycles. The number of ether oxygens (including phenoxy) is 2.